The Hall–Kier alpha value is -2.26. The van der Waals surface area contributed by atoms with Gasteiger partial charge in [-0.1, -0.05) is 37.4 Å². The van der Waals surface area contributed by atoms with Crippen LogP contribution < -0.4 is 10.6 Å². The van der Waals surface area contributed by atoms with E-state index in [1.165, 1.54) is 23.5 Å². The molecule has 0 amide bonds. The molecule has 3 aromatic rings. The highest BCUT2D eigenvalue weighted by molar-refractivity contribution is 7.99. The second-order valence-electron chi connectivity index (χ2n) is 11.2. The maximum atomic E-state index is 10.8. The van der Waals surface area contributed by atoms with Gasteiger partial charge in [-0.25, -0.2) is 29.9 Å². The van der Waals surface area contributed by atoms with E-state index in [9.17, 15) is 20.4 Å². The Morgan fingerprint density at radius 2 is 1.04 bits per heavy atom. The Kier molecular flexibility index (Phi) is 12.4. The number of nitrogens with zero attached hydrogens (tertiary/aromatic N) is 6. The van der Waals surface area contributed by atoms with Crippen LogP contribution in [0, 0.1) is 0 Å². The van der Waals surface area contributed by atoms with Gasteiger partial charge < -0.3 is 50.7 Å². The Balaban J connectivity index is 1.54. The number of hydrogen-bond donors (Lipinski definition) is 8. The molecule has 16 nitrogen and oxygen atoms in total. The van der Waals surface area contributed by atoms with Gasteiger partial charge in [-0.2, -0.15) is 0 Å². The lowest BCUT2D eigenvalue weighted by atomic mass is 10.2. The van der Waals surface area contributed by atoms with Gasteiger partial charge >= 0.3 is 0 Å². The maximum Gasteiger partial charge on any atom is 0.191 e. The smallest absolute Gasteiger partial charge is 0.191 e. The van der Waals surface area contributed by atoms with E-state index in [1.54, 1.807) is 0 Å². The van der Waals surface area contributed by atoms with Crippen molar-refractivity contribution in [3.8, 4) is 0 Å². The van der Waals surface area contributed by atoms with Crippen LogP contribution in [-0.2, 0) is 9.47 Å². The Morgan fingerprint density at radius 1 is 0.630 bits per heavy atom. The van der Waals surface area contributed by atoms with Gasteiger partial charge in [-0.05, 0) is 25.7 Å². The van der Waals surface area contributed by atoms with Crippen molar-refractivity contribution >= 4 is 57.5 Å². The molecule has 0 bridgehead atoms. The van der Waals surface area contributed by atoms with E-state index in [-0.39, 0.29) is 50.6 Å². The molecular weight excluding hydrogens is 640 g/mol. The van der Waals surface area contributed by atoms with Crippen LogP contribution in [0.15, 0.2) is 10.3 Å². The summed E-state index contributed by atoms with van der Waals surface area (Å²) in [7, 11) is 0. The first-order chi connectivity index (χ1) is 22.3. The van der Waals surface area contributed by atoms with Gasteiger partial charge in [-0.15, -0.1) is 0 Å². The van der Waals surface area contributed by atoms with Crippen LogP contribution in [0.1, 0.15) is 39.5 Å². The minimum Gasteiger partial charge on any atom is -0.394 e. The minimum absolute atomic E-state index is 0.0362. The second-order valence-corrected chi connectivity index (χ2v) is 13.3. The monoisotopic (exact) mass is 682 g/mol. The quantitative estimate of drug-likeness (QED) is 0.0560. The number of aliphatic hydroxyl groups excluding tert-OH is 6. The predicted octanol–water partition coefficient (Wildman–Crippen LogP) is -0.0658. The molecule has 46 heavy (non-hydrogen) atoms. The summed E-state index contributed by atoms with van der Waals surface area (Å²) in [5.74, 6) is 2.13. The highest BCUT2D eigenvalue weighted by atomic mass is 32.2. The van der Waals surface area contributed by atoms with Gasteiger partial charge in [0, 0.05) is 11.5 Å². The molecule has 2 aliphatic rings. The normalized spacial score (nSPS) is 28.0. The van der Waals surface area contributed by atoms with Gasteiger partial charge in [0.05, 0.1) is 50.7 Å². The van der Waals surface area contributed by atoms with E-state index in [2.05, 4.69) is 20.6 Å². The molecule has 3 heterocycles. The molecule has 0 spiro atoms. The lowest BCUT2D eigenvalue weighted by molar-refractivity contribution is -0.0612. The number of rotatable bonds is 16. The summed E-state index contributed by atoms with van der Waals surface area (Å²) in [6.45, 7) is 3.75. The Morgan fingerprint density at radius 3 is 1.41 bits per heavy atom. The Bertz CT molecular complexity index is 1360. The molecular formula is C28H42N8O8S2. The molecule has 2 saturated carbocycles. The standard InChI is InChI=1S/C28H42N8O8S2/c1-3-9-45-27-33-23(29-13-11-15(43-7-5-37)21(41)19(13)39)17-25(35-27)31-18-24(34-28(46-10-4-2)36-26(18)32-17)30-14-12-16(44-8-6-38)22(42)20(14)40/h13-16,19-22,37-42H,3-12H2,1-2H3,(H,29,31,33,35)(H,30,32,34,36)/t13-,14-,15+,16+,19+,20+,21-,22-/m0/s1. The van der Waals surface area contributed by atoms with Gasteiger partial charge in [0.25, 0.3) is 0 Å². The minimum atomic E-state index is -1.16. The molecule has 5 rings (SSSR count). The third kappa shape index (κ3) is 7.88. The number of aromatic nitrogens is 6. The summed E-state index contributed by atoms with van der Waals surface area (Å²) in [5.41, 5.74) is 1.11. The predicted molar refractivity (Wildman–Crippen MR) is 172 cm³/mol. The molecule has 8 atom stereocenters. The van der Waals surface area contributed by atoms with Crippen LogP contribution in [0.25, 0.3) is 22.3 Å². The van der Waals surface area contributed by atoms with E-state index in [4.69, 9.17) is 39.6 Å². The van der Waals surface area contributed by atoms with Crippen LogP contribution in [0.2, 0.25) is 0 Å². The summed E-state index contributed by atoms with van der Waals surface area (Å²) in [4.78, 5) is 28.3. The van der Waals surface area contributed by atoms with Crippen molar-refractivity contribution in [2.45, 2.75) is 98.6 Å². The van der Waals surface area contributed by atoms with Gasteiger partial charge in [0.2, 0.25) is 0 Å². The molecule has 0 aliphatic heterocycles. The molecule has 0 radical (unpaired) electrons. The lowest BCUT2D eigenvalue weighted by Gasteiger charge is -2.20. The molecule has 0 aromatic carbocycles. The summed E-state index contributed by atoms with van der Waals surface area (Å²) in [6, 6.07) is -1.26. The number of thioether (sulfide) groups is 2. The zero-order valence-electron chi connectivity index (χ0n) is 25.7. The number of aliphatic hydroxyl groups is 6. The first-order valence-corrected chi connectivity index (χ1v) is 17.5. The molecule has 18 heteroatoms. The fourth-order valence-electron chi connectivity index (χ4n) is 5.49. The average molecular weight is 683 g/mol. The summed E-state index contributed by atoms with van der Waals surface area (Å²) < 4.78 is 11.1. The number of ether oxygens (including phenoxy) is 2. The van der Waals surface area contributed by atoms with Crippen LogP contribution in [0.5, 0.6) is 0 Å². The fraction of sp³-hybridized carbons (Fsp3) is 0.714. The van der Waals surface area contributed by atoms with Crippen LogP contribution >= 0.6 is 23.5 Å². The topological polar surface area (TPSA) is 241 Å². The zero-order valence-corrected chi connectivity index (χ0v) is 27.3. The number of hydrogen-bond acceptors (Lipinski definition) is 18. The highest BCUT2D eigenvalue weighted by Crippen LogP contribution is 2.33. The lowest BCUT2D eigenvalue weighted by Crippen LogP contribution is -2.36. The van der Waals surface area contributed by atoms with E-state index in [0.29, 0.717) is 33.0 Å². The van der Waals surface area contributed by atoms with Crippen LogP contribution in [0.3, 0.4) is 0 Å². The van der Waals surface area contributed by atoms with E-state index >= 15 is 0 Å². The average Bonchev–Trinajstić information content (AvgIpc) is 3.48. The van der Waals surface area contributed by atoms with Crippen molar-refractivity contribution in [3.05, 3.63) is 0 Å². The molecule has 8 N–H and O–H groups in total. The largest absolute Gasteiger partial charge is 0.394 e. The summed E-state index contributed by atoms with van der Waals surface area (Å²) in [5, 5.41) is 68.4. The van der Waals surface area contributed by atoms with Crippen molar-refractivity contribution in [3.63, 3.8) is 0 Å². The van der Waals surface area contributed by atoms with Crippen molar-refractivity contribution in [2.75, 3.05) is 48.6 Å². The molecule has 254 valence electrons. The van der Waals surface area contributed by atoms with Crippen molar-refractivity contribution in [2.24, 2.45) is 0 Å². The first kappa shape index (κ1) is 35.1. The second kappa shape index (κ2) is 16.2. The number of fused-ring (bicyclic) bond motifs is 2. The molecule has 3 aromatic heterocycles. The fourth-order valence-corrected chi connectivity index (χ4v) is 6.88. The molecule has 0 saturated heterocycles. The molecule has 0 unspecified atom stereocenters. The van der Waals surface area contributed by atoms with Crippen molar-refractivity contribution < 1.29 is 40.1 Å². The van der Waals surface area contributed by atoms with E-state index in [0.717, 1.165) is 24.3 Å². The van der Waals surface area contributed by atoms with E-state index in [1.807, 2.05) is 13.8 Å². The van der Waals surface area contributed by atoms with Gasteiger partial charge in [0.15, 0.2) is 44.3 Å². The highest BCUT2D eigenvalue weighted by Gasteiger charge is 2.44. The van der Waals surface area contributed by atoms with Gasteiger partial charge in [0.1, 0.15) is 24.4 Å². The van der Waals surface area contributed by atoms with Crippen molar-refractivity contribution in [1.82, 2.24) is 29.9 Å². The van der Waals surface area contributed by atoms with Crippen LogP contribution in [-0.4, -0.2) is 147 Å². The van der Waals surface area contributed by atoms with E-state index < -0.39 is 48.7 Å². The number of nitrogens with one attached hydrogen (secondary N) is 2. The summed E-state index contributed by atoms with van der Waals surface area (Å²) >= 11 is 2.88. The van der Waals surface area contributed by atoms with Crippen molar-refractivity contribution in [1.29, 1.82) is 0 Å². The third-order valence-electron chi connectivity index (χ3n) is 7.75. The summed E-state index contributed by atoms with van der Waals surface area (Å²) in [6.07, 6.45) is -3.70. The first-order valence-electron chi connectivity index (χ1n) is 15.5. The maximum absolute atomic E-state index is 10.8. The van der Waals surface area contributed by atoms with Crippen LogP contribution in [0.4, 0.5) is 11.6 Å². The Labute approximate surface area is 274 Å². The molecule has 2 aliphatic carbocycles. The van der Waals surface area contributed by atoms with Gasteiger partial charge in [-0.3, -0.25) is 0 Å². The molecule has 2 fully saturated rings. The third-order valence-corrected chi connectivity index (χ3v) is 9.85. The number of anilines is 2. The SMILES string of the molecule is CCCSc1nc(N[C@H]2C[C@@H](OCCO)[C@H](O)[C@@H]2O)c2nc3nc(SCCC)nc(N[C@H]4C[C@@H](OCCO)[C@H](O)[C@@H]4O)c3nc2n1. The zero-order chi connectivity index (χ0) is 32.8.